The monoisotopic (exact) mass is 522 g/mol. The molecule has 0 radical (unpaired) electrons. The lowest BCUT2D eigenvalue weighted by molar-refractivity contribution is 0.190. The van der Waals surface area contributed by atoms with Crippen LogP contribution in [0.5, 0.6) is 0 Å². The van der Waals surface area contributed by atoms with Gasteiger partial charge in [-0.3, -0.25) is 4.52 Å². The molecular weight excluding hydrogens is 474 g/mol. The second-order valence-electron chi connectivity index (χ2n) is 9.89. The summed E-state index contributed by atoms with van der Waals surface area (Å²) in [4.78, 5) is 26.8. The fourth-order valence-electron chi connectivity index (χ4n) is 4.29. The quantitative estimate of drug-likeness (QED) is 0.130. The third kappa shape index (κ3) is 13.5. The smallest absolute Gasteiger partial charge is 0.302 e. The predicted molar refractivity (Wildman–Crippen MR) is 140 cm³/mol. The minimum Gasteiger partial charge on any atom is -0.302 e. The minimum absolute atomic E-state index is 0.0636. The molecule has 0 aromatic rings. The summed E-state index contributed by atoms with van der Waals surface area (Å²) in [6.07, 6.45) is 14.6. The van der Waals surface area contributed by atoms with Crippen molar-refractivity contribution in [2.24, 2.45) is 10.8 Å². The van der Waals surface area contributed by atoms with Crippen molar-refractivity contribution in [2.75, 3.05) is 6.61 Å². The van der Waals surface area contributed by atoms with Crippen molar-refractivity contribution in [1.82, 2.24) is 0 Å². The summed E-state index contributed by atoms with van der Waals surface area (Å²) in [6.45, 7) is 17.1. The Kier molecular flexibility index (Phi) is 14.7. The maximum Gasteiger partial charge on any atom is 0.481 e. The third-order valence-electron chi connectivity index (χ3n) is 7.01. The van der Waals surface area contributed by atoms with Crippen molar-refractivity contribution in [3.63, 3.8) is 0 Å². The van der Waals surface area contributed by atoms with E-state index in [0.29, 0.717) is 5.41 Å². The Morgan fingerprint density at radius 3 is 1.53 bits per heavy atom. The van der Waals surface area contributed by atoms with E-state index in [1.165, 1.54) is 11.1 Å². The zero-order chi connectivity index (χ0) is 26.6. The van der Waals surface area contributed by atoms with Crippen molar-refractivity contribution < 1.29 is 32.6 Å². The fraction of sp³-hybridized carbons (Fsp3) is 0.760. The molecule has 34 heavy (non-hydrogen) atoms. The lowest BCUT2D eigenvalue weighted by Gasteiger charge is -2.34. The average Bonchev–Trinajstić information content (AvgIpc) is 2.72. The molecule has 0 saturated carbocycles. The first-order valence-corrected chi connectivity index (χ1v) is 15.3. The molecular formula is C25H48O7P2. The first kappa shape index (κ1) is 33.5. The van der Waals surface area contributed by atoms with E-state index >= 15 is 0 Å². The number of allylic oxidation sites excluding steroid dienone is 5. The second kappa shape index (κ2) is 14.9. The van der Waals surface area contributed by atoms with Crippen LogP contribution in [0.2, 0.25) is 0 Å². The molecule has 200 valence electrons. The lowest BCUT2D eigenvalue weighted by atomic mass is 9.72. The van der Waals surface area contributed by atoms with E-state index in [-0.39, 0.29) is 12.0 Å². The van der Waals surface area contributed by atoms with E-state index in [4.69, 9.17) is 9.79 Å². The number of phosphoric acid groups is 2. The zero-order valence-electron chi connectivity index (χ0n) is 22.5. The Hall–Kier alpha value is -0.520. The van der Waals surface area contributed by atoms with Crippen molar-refractivity contribution in [1.29, 1.82) is 0 Å². The van der Waals surface area contributed by atoms with E-state index in [9.17, 15) is 14.0 Å². The van der Waals surface area contributed by atoms with E-state index in [1.807, 2.05) is 6.92 Å². The largest absolute Gasteiger partial charge is 0.481 e. The predicted octanol–water partition coefficient (Wildman–Crippen LogP) is 8.24. The van der Waals surface area contributed by atoms with Gasteiger partial charge >= 0.3 is 15.6 Å². The van der Waals surface area contributed by atoms with Crippen LogP contribution >= 0.6 is 15.6 Å². The molecule has 0 spiro atoms. The summed E-state index contributed by atoms with van der Waals surface area (Å²) in [5, 5.41) is 0. The van der Waals surface area contributed by atoms with Crippen LogP contribution in [0.4, 0.5) is 0 Å². The van der Waals surface area contributed by atoms with Gasteiger partial charge in [0.2, 0.25) is 0 Å². The van der Waals surface area contributed by atoms with Gasteiger partial charge in [-0.1, -0.05) is 62.6 Å². The van der Waals surface area contributed by atoms with Crippen molar-refractivity contribution in [3.05, 3.63) is 34.9 Å². The van der Waals surface area contributed by atoms with Gasteiger partial charge in [0.05, 0.1) is 6.61 Å². The second-order valence-corrected chi connectivity index (χ2v) is 12.7. The van der Waals surface area contributed by atoms with Crippen LogP contribution in [-0.2, 0) is 18.0 Å². The molecule has 0 amide bonds. The molecule has 0 aliphatic carbocycles. The molecule has 0 heterocycles. The van der Waals surface area contributed by atoms with Gasteiger partial charge in [0.1, 0.15) is 0 Å². The van der Waals surface area contributed by atoms with Gasteiger partial charge in [0.15, 0.2) is 0 Å². The fourth-order valence-corrected chi connectivity index (χ4v) is 5.82. The van der Waals surface area contributed by atoms with Crippen LogP contribution < -0.4 is 0 Å². The van der Waals surface area contributed by atoms with Gasteiger partial charge in [-0.05, 0) is 89.9 Å². The van der Waals surface area contributed by atoms with Crippen LogP contribution in [0.3, 0.4) is 0 Å². The highest BCUT2D eigenvalue weighted by molar-refractivity contribution is 7.60. The summed E-state index contributed by atoms with van der Waals surface area (Å²) < 4.78 is 30.9. The van der Waals surface area contributed by atoms with Crippen molar-refractivity contribution >= 4 is 15.6 Å². The number of hydrogen-bond acceptors (Lipinski definition) is 4. The Morgan fingerprint density at radius 1 is 0.735 bits per heavy atom. The highest BCUT2D eigenvalue weighted by atomic mass is 31.3. The Balaban J connectivity index is 5.30. The molecule has 0 aromatic carbocycles. The Morgan fingerprint density at radius 2 is 1.15 bits per heavy atom. The molecule has 0 aliphatic heterocycles. The van der Waals surface area contributed by atoms with Crippen molar-refractivity contribution in [3.8, 4) is 0 Å². The van der Waals surface area contributed by atoms with Gasteiger partial charge in [-0.25, -0.2) is 9.13 Å². The van der Waals surface area contributed by atoms with Gasteiger partial charge in [-0.2, -0.15) is 4.31 Å². The summed E-state index contributed by atoms with van der Waals surface area (Å²) in [6, 6.07) is 0. The number of hydrogen-bond donors (Lipinski definition) is 3. The molecule has 0 fully saturated rings. The summed E-state index contributed by atoms with van der Waals surface area (Å²) in [5.74, 6) is 0. The van der Waals surface area contributed by atoms with Crippen molar-refractivity contribution in [2.45, 2.75) is 107 Å². The molecule has 1 unspecified atom stereocenters. The first-order chi connectivity index (χ1) is 15.6. The highest BCUT2D eigenvalue weighted by Gasteiger charge is 2.32. The molecule has 7 nitrogen and oxygen atoms in total. The van der Waals surface area contributed by atoms with Crippen LogP contribution in [0.15, 0.2) is 34.9 Å². The molecule has 0 aromatic heterocycles. The Labute approximate surface area is 207 Å². The molecule has 0 rings (SSSR count). The van der Waals surface area contributed by atoms with Gasteiger partial charge in [-0.15, -0.1) is 0 Å². The molecule has 9 heteroatoms. The van der Waals surface area contributed by atoms with E-state index in [2.05, 4.69) is 69.5 Å². The SMILES string of the molecule is CCC(CC)(CC=C(C)C)C/C(C)=C/CC(CC)(CC)C/C(C)=C/COP(=O)(O)OP(=O)(O)O. The lowest BCUT2D eigenvalue weighted by Crippen LogP contribution is -2.20. The molecule has 3 N–H and O–H groups in total. The van der Waals surface area contributed by atoms with E-state index in [0.717, 1.165) is 56.9 Å². The molecule has 0 bridgehead atoms. The summed E-state index contributed by atoms with van der Waals surface area (Å²) in [5.41, 5.74) is 4.12. The Bertz CT molecular complexity index is 796. The molecule has 0 saturated heterocycles. The summed E-state index contributed by atoms with van der Waals surface area (Å²) in [7, 11) is -9.93. The van der Waals surface area contributed by atoms with Crippen LogP contribution in [0, 0.1) is 10.8 Å². The molecule has 0 aliphatic rings. The highest BCUT2D eigenvalue weighted by Crippen LogP contribution is 2.57. The maximum atomic E-state index is 11.6. The zero-order valence-corrected chi connectivity index (χ0v) is 24.3. The number of phosphoric ester groups is 1. The first-order valence-electron chi connectivity index (χ1n) is 12.3. The molecule has 1 atom stereocenters. The van der Waals surface area contributed by atoms with Crippen LogP contribution in [0.25, 0.3) is 0 Å². The van der Waals surface area contributed by atoms with Crippen LogP contribution in [0.1, 0.15) is 107 Å². The minimum atomic E-state index is -5.11. The van der Waals surface area contributed by atoms with Gasteiger partial charge in [0.25, 0.3) is 0 Å². The number of rotatable bonds is 17. The van der Waals surface area contributed by atoms with Crippen LogP contribution in [-0.4, -0.2) is 21.3 Å². The topological polar surface area (TPSA) is 113 Å². The van der Waals surface area contributed by atoms with Gasteiger partial charge in [0, 0.05) is 0 Å². The maximum absolute atomic E-state index is 11.6. The van der Waals surface area contributed by atoms with E-state index in [1.54, 1.807) is 6.08 Å². The summed E-state index contributed by atoms with van der Waals surface area (Å²) >= 11 is 0. The normalized spacial score (nSPS) is 15.9. The average molecular weight is 523 g/mol. The third-order valence-corrected chi connectivity index (χ3v) is 9.17. The standard InChI is InChI=1S/C25H48O7P2/c1-9-24(10-2,16-13-21(5)6)19-22(7)14-17-25(11-3,12-4)20-23(8)15-18-31-34(29,30)32-33(26,27)28/h13-15H,9-12,16-20H2,1-8H3,(H,29,30)(H2,26,27,28)/b22-14+,23-15+. The van der Waals surface area contributed by atoms with E-state index < -0.39 is 15.6 Å². The van der Waals surface area contributed by atoms with Gasteiger partial charge < -0.3 is 14.7 Å².